The molecule has 11 heteroatoms. The number of fused-ring (bicyclic) bond motifs is 1. The smallest absolute Gasteiger partial charge is 0.243 e. The van der Waals surface area contributed by atoms with Crippen LogP contribution in [0.25, 0.3) is 0 Å². The van der Waals surface area contributed by atoms with Gasteiger partial charge in [-0.2, -0.15) is 4.31 Å². The number of rotatable bonds is 4. The van der Waals surface area contributed by atoms with Crippen LogP contribution in [0.3, 0.4) is 0 Å². The summed E-state index contributed by atoms with van der Waals surface area (Å²) in [7, 11) is -6.75. The number of amides is 1. The van der Waals surface area contributed by atoms with Crippen molar-refractivity contribution >= 4 is 25.8 Å². The molecule has 0 aromatic heterocycles. The van der Waals surface area contributed by atoms with Gasteiger partial charge in [0.1, 0.15) is 13.2 Å². The second kappa shape index (κ2) is 7.77. The summed E-state index contributed by atoms with van der Waals surface area (Å²) >= 11 is 0. The number of sulfonamides is 1. The molecule has 0 saturated carbocycles. The van der Waals surface area contributed by atoms with Gasteiger partial charge in [0, 0.05) is 31.1 Å². The van der Waals surface area contributed by atoms with E-state index in [0.29, 0.717) is 44.0 Å². The predicted octanol–water partition coefficient (Wildman–Crippen LogP) is 0.162. The minimum absolute atomic E-state index is 0.0178. The van der Waals surface area contributed by atoms with Gasteiger partial charge in [0.05, 0.1) is 16.4 Å². The Morgan fingerprint density at radius 2 is 1.76 bits per heavy atom. The number of nitrogens with one attached hydrogen (secondary N) is 1. The zero-order valence-electron chi connectivity index (χ0n) is 15.9. The first-order chi connectivity index (χ1) is 13.7. The van der Waals surface area contributed by atoms with Gasteiger partial charge in [-0.3, -0.25) is 4.79 Å². The molecule has 1 amide bonds. The maximum Gasteiger partial charge on any atom is 0.243 e. The molecular formula is C18H24N2O7S2. The molecule has 0 bridgehead atoms. The van der Waals surface area contributed by atoms with Gasteiger partial charge in [-0.15, -0.1) is 0 Å². The summed E-state index contributed by atoms with van der Waals surface area (Å²) in [5.41, 5.74) is 0. The van der Waals surface area contributed by atoms with E-state index in [-0.39, 0.29) is 47.4 Å². The summed E-state index contributed by atoms with van der Waals surface area (Å²) in [6.07, 6.45) is 1.23. The number of piperidine rings is 1. The Bertz CT molecular complexity index is 999. The third-order valence-corrected chi connectivity index (χ3v) is 9.22. The van der Waals surface area contributed by atoms with Crippen molar-refractivity contribution in [1.82, 2.24) is 9.62 Å². The second-order valence-electron chi connectivity index (χ2n) is 7.59. The summed E-state index contributed by atoms with van der Waals surface area (Å²) in [5, 5.41) is 2.81. The zero-order valence-corrected chi connectivity index (χ0v) is 17.5. The van der Waals surface area contributed by atoms with Crippen molar-refractivity contribution in [2.24, 2.45) is 5.92 Å². The molecule has 4 rings (SSSR count). The number of benzene rings is 1. The van der Waals surface area contributed by atoms with Crippen LogP contribution in [0, 0.1) is 5.92 Å². The molecule has 2 saturated heterocycles. The van der Waals surface area contributed by atoms with E-state index in [0.717, 1.165) is 0 Å². The van der Waals surface area contributed by atoms with Gasteiger partial charge >= 0.3 is 0 Å². The van der Waals surface area contributed by atoms with Gasteiger partial charge in [-0.1, -0.05) is 0 Å². The molecular weight excluding hydrogens is 420 g/mol. The van der Waals surface area contributed by atoms with Gasteiger partial charge in [-0.05, 0) is 31.4 Å². The Hall–Kier alpha value is -1.85. The average molecular weight is 445 g/mol. The molecule has 1 atom stereocenters. The standard InChI is InChI=1S/C18H24N2O7S2/c21-18(19-14-5-10-28(22,23)12-14)13-3-6-20(7-4-13)29(24,25)15-1-2-16-17(11-15)27-9-8-26-16/h1-2,11,13-14H,3-10,12H2,(H,19,21). The summed E-state index contributed by atoms with van der Waals surface area (Å²) in [4.78, 5) is 12.6. The Morgan fingerprint density at radius 3 is 2.41 bits per heavy atom. The summed E-state index contributed by atoms with van der Waals surface area (Å²) < 4.78 is 61.3. The van der Waals surface area contributed by atoms with E-state index in [4.69, 9.17) is 9.47 Å². The molecule has 9 nitrogen and oxygen atoms in total. The fraction of sp³-hybridized carbons (Fsp3) is 0.611. The Morgan fingerprint density at radius 1 is 1.07 bits per heavy atom. The minimum atomic E-state index is -3.70. The largest absolute Gasteiger partial charge is 0.486 e. The Labute approximate surface area is 170 Å². The number of carbonyl (C=O) groups excluding carboxylic acids is 1. The maximum absolute atomic E-state index is 13.0. The lowest BCUT2D eigenvalue weighted by atomic mass is 9.97. The first-order valence-electron chi connectivity index (χ1n) is 9.65. The van der Waals surface area contributed by atoms with Crippen LogP contribution in [0.4, 0.5) is 0 Å². The first kappa shape index (κ1) is 20.4. The third-order valence-electron chi connectivity index (χ3n) is 5.55. The van der Waals surface area contributed by atoms with Crippen molar-refractivity contribution in [3.05, 3.63) is 18.2 Å². The van der Waals surface area contributed by atoms with Crippen molar-refractivity contribution in [2.75, 3.05) is 37.8 Å². The fourth-order valence-corrected chi connectivity index (χ4v) is 7.08. The Kier molecular flexibility index (Phi) is 5.47. The van der Waals surface area contributed by atoms with Crippen molar-refractivity contribution in [1.29, 1.82) is 0 Å². The predicted molar refractivity (Wildman–Crippen MR) is 104 cm³/mol. The fourth-order valence-electron chi connectivity index (χ4n) is 3.92. The molecule has 29 heavy (non-hydrogen) atoms. The molecule has 3 aliphatic rings. The monoisotopic (exact) mass is 444 g/mol. The lowest BCUT2D eigenvalue weighted by molar-refractivity contribution is -0.126. The molecule has 0 spiro atoms. The molecule has 1 N–H and O–H groups in total. The molecule has 3 heterocycles. The normalized spacial score (nSPS) is 24.9. The van der Waals surface area contributed by atoms with E-state index in [1.807, 2.05) is 0 Å². The highest BCUT2D eigenvalue weighted by Crippen LogP contribution is 2.34. The maximum atomic E-state index is 13.0. The SMILES string of the molecule is O=C(NC1CCS(=O)(=O)C1)C1CCN(S(=O)(=O)c2ccc3c(c2)OCCO3)CC1. The molecule has 0 aliphatic carbocycles. The number of carbonyl (C=O) groups is 1. The van der Waals surface area contributed by atoms with Gasteiger partial charge in [0.2, 0.25) is 15.9 Å². The summed E-state index contributed by atoms with van der Waals surface area (Å²) in [6, 6.07) is 4.23. The van der Waals surface area contributed by atoms with Crippen LogP contribution in [0.15, 0.2) is 23.1 Å². The number of hydrogen-bond acceptors (Lipinski definition) is 7. The van der Waals surface area contributed by atoms with Crippen LogP contribution < -0.4 is 14.8 Å². The van der Waals surface area contributed by atoms with Crippen molar-refractivity contribution in [3.8, 4) is 11.5 Å². The van der Waals surface area contributed by atoms with Crippen LogP contribution in [-0.2, 0) is 24.7 Å². The van der Waals surface area contributed by atoms with E-state index in [9.17, 15) is 21.6 Å². The van der Waals surface area contributed by atoms with Crippen LogP contribution in [-0.4, -0.2) is 70.9 Å². The molecule has 1 unspecified atom stereocenters. The van der Waals surface area contributed by atoms with Gasteiger partial charge < -0.3 is 14.8 Å². The van der Waals surface area contributed by atoms with Crippen molar-refractivity contribution in [2.45, 2.75) is 30.2 Å². The van der Waals surface area contributed by atoms with E-state index >= 15 is 0 Å². The number of ether oxygens (including phenoxy) is 2. The van der Waals surface area contributed by atoms with Gasteiger partial charge in [0.15, 0.2) is 21.3 Å². The lowest BCUT2D eigenvalue weighted by Gasteiger charge is -2.31. The highest BCUT2D eigenvalue weighted by atomic mass is 32.2. The molecule has 1 aromatic rings. The van der Waals surface area contributed by atoms with E-state index in [1.54, 1.807) is 6.07 Å². The third kappa shape index (κ3) is 4.36. The minimum Gasteiger partial charge on any atom is -0.486 e. The van der Waals surface area contributed by atoms with E-state index in [1.165, 1.54) is 16.4 Å². The number of sulfone groups is 1. The average Bonchev–Trinajstić information content (AvgIpc) is 3.05. The second-order valence-corrected chi connectivity index (χ2v) is 11.8. The van der Waals surface area contributed by atoms with Crippen LogP contribution in [0.2, 0.25) is 0 Å². The molecule has 2 fully saturated rings. The van der Waals surface area contributed by atoms with E-state index < -0.39 is 19.9 Å². The van der Waals surface area contributed by atoms with Crippen LogP contribution in [0.1, 0.15) is 19.3 Å². The molecule has 160 valence electrons. The van der Waals surface area contributed by atoms with Gasteiger partial charge in [-0.25, -0.2) is 16.8 Å². The highest BCUT2D eigenvalue weighted by Gasteiger charge is 2.35. The molecule has 1 aromatic carbocycles. The van der Waals surface area contributed by atoms with Crippen molar-refractivity contribution < 1.29 is 31.1 Å². The van der Waals surface area contributed by atoms with Gasteiger partial charge in [0.25, 0.3) is 0 Å². The highest BCUT2D eigenvalue weighted by molar-refractivity contribution is 7.91. The van der Waals surface area contributed by atoms with Crippen LogP contribution in [0.5, 0.6) is 11.5 Å². The number of hydrogen-bond donors (Lipinski definition) is 1. The zero-order chi connectivity index (χ0) is 20.6. The first-order valence-corrected chi connectivity index (χ1v) is 12.9. The van der Waals surface area contributed by atoms with Crippen molar-refractivity contribution in [3.63, 3.8) is 0 Å². The van der Waals surface area contributed by atoms with E-state index in [2.05, 4.69) is 5.32 Å². The Balaban J connectivity index is 1.37. The summed E-state index contributed by atoms with van der Waals surface area (Å²) in [5.74, 6) is 0.520. The van der Waals surface area contributed by atoms with Crippen LogP contribution >= 0.6 is 0 Å². The number of nitrogens with zero attached hydrogens (tertiary/aromatic N) is 1. The topological polar surface area (TPSA) is 119 Å². The molecule has 0 radical (unpaired) electrons. The lowest BCUT2D eigenvalue weighted by Crippen LogP contribution is -2.45. The molecule has 3 aliphatic heterocycles. The quantitative estimate of drug-likeness (QED) is 0.703. The summed E-state index contributed by atoms with van der Waals surface area (Å²) in [6.45, 7) is 1.27.